The normalized spacial score (nSPS) is 16.3. The number of amides is 3. The monoisotopic (exact) mass is 492 g/mol. The van der Waals surface area contributed by atoms with Crippen LogP contribution in [-0.4, -0.2) is 35.7 Å². The summed E-state index contributed by atoms with van der Waals surface area (Å²) in [6.07, 6.45) is 23.4. The van der Waals surface area contributed by atoms with Crippen LogP contribution in [0.1, 0.15) is 150 Å². The molecule has 1 N–H and O–H groups in total. The van der Waals surface area contributed by atoms with Crippen LogP contribution in [0.5, 0.6) is 0 Å². The zero-order chi connectivity index (χ0) is 25.9. The largest absolute Gasteiger partial charge is 0.354 e. The van der Waals surface area contributed by atoms with Crippen LogP contribution in [-0.2, 0) is 14.4 Å². The molecule has 0 spiro atoms. The minimum Gasteiger partial charge on any atom is -0.354 e. The van der Waals surface area contributed by atoms with Crippen molar-refractivity contribution in [2.24, 2.45) is 11.3 Å². The molecule has 0 aromatic heterocycles. The number of rotatable bonds is 21. The molecule has 0 bridgehead atoms. The highest BCUT2D eigenvalue weighted by Gasteiger charge is 2.44. The summed E-state index contributed by atoms with van der Waals surface area (Å²) in [7, 11) is 0. The predicted octanol–water partition coefficient (Wildman–Crippen LogP) is 7.57. The molecule has 5 nitrogen and oxygen atoms in total. The van der Waals surface area contributed by atoms with E-state index in [1.165, 1.54) is 101 Å². The molecule has 0 radical (unpaired) electrons. The third-order valence-electron chi connectivity index (χ3n) is 7.45. The zero-order valence-corrected chi connectivity index (χ0v) is 23.6. The third-order valence-corrected chi connectivity index (χ3v) is 7.45. The van der Waals surface area contributed by atoms with Gasteiger partial charge in [-0.2, -0.15) is 0 Å². The summed E-state index contributed by atoms with van der Waals surface area (Å²) in [5.41, 5.74) is -0.211. The van der Waals surface area contributed by atoms with Gasteiger partial charge >= 0.3 is 0 Å². The summed E-state index contributed by atoms with van der Waals surface area (Å²) < 4.78 is 0. The number of nitrogens with one attached hydrogen (secondary N) is 1. The first-order valence-corrected chi connectivity index (χ1v) is 14.9. The second-order valence-electron chi connectivity index (χ2n) is 11.8. The molecule has 35 heavy (non-hydrogen) atoms. The summed E-state index contributed by atoms with van der Waals surface area (Å²) in [4.78, 5) is 38.0. The highest BCUT2D eigenvalue weighted by Crippen LogP contribution is 2.35. The van der Waals surface area contributed by atoms with Crippen LogP contribution in [0.3, 0.4) is 0 Å². The number of hydrogen-bond acceptors (Lipinski definition) is 3. The average molecular weight is 493 g/mol. The van der Waals surface area contributed by atoms with E-state index in [1.54, 1.807) is 0 Å². The minimum atomic E-state index is -0.249. The summed E-state index contributed by atoms with van der Waals surface area (Å²) in [5, 5.41) is 2.87. The zero-order valence-electron chi connectivity index (χ0n) is 23.6. The molecule has 1 atom stereocenters. The lowest BCUT2D eigenvalue weighted by molar-refractivity contribution is -0.140. The average Bonchev–Trinajstić information content (AvgIpc) is 3.10. The van der Waals surface area contributed by atoms with Crippen molar-refractivity contribution in [2.45, 2.75) is 150 Å². The first kappa shape index (κ1) is 31.6. The van der Waals surface area contributed by atoms with Crippen molar-refractivity contribution < 1.29 is 14.4 Å². The second kappa shape index (κ2) is 18.8. The summed E-state index contributed by atoms with van der Waals surface area (Å²) in [6.45, 7) is 8.89. The molecule has 1 aliphatic heterocycles. The number of likely N-dealkylation sites (tertiary alicyclic amines) is 1. The van der Waals surface area contributed by atoms with Crippen molar-refractivity contribution in [3.05, 3.63) is 0 Å². The van der Waals surface area contributed by atoms with Gasteiger partial charge in [0.15, 0.2) is 0 Å². The second-order valence-corrected chi connectivity index (χ2v) is 11.8. The van der Waals surface area contributed by atoms with Gasteiger partial charge in [-0.25, -0.2) is 0 Å². The van der Waals surface area contributed by atoms with E-state index < -0.39 is 0 Å². The van der Waals surface area contributed by atoms with Gasteiger partial charge in [-0.3, -0.25) is 19.3 Å². The van der Waals surface area contributed by atoms with Crippen LogP contribution in [0.2, 0.25) is 0 Å². The molecule has 5 heteroatoms. The molecule has 1 aliphatic rings. The van der Waals surface area contributed by atoms with Gasteiger partial charge in [0, 0.05) is 25.9 Å². The SMILES string of the molecule is CCCCCCCCCCCCCCCCCCCC(=O)NCCN1C(=O)CC(C(C)(C)C)C1=O. The van der Waals surface area contributed by atoms with Crippen LogP contribution in [0.25, 0.3) is 0 Å². The number of hydrogen-bond donors (Lipinski definition) is 1. The van der Waals surface area contributed by atoms with Crippen molar-refractivity contribution in [1.29, 1.82) is 0 Å². The Morgan fingerprint density at radius 3 is 1.60 bits per heavy atom. The first-order chi connectivity index (χ1) is 16.8. The van der Waals surface area contributed by atoms with Gasteiger partial charge in [0.2, 0.25) is 17.7 Å². The predicted molar refractivity (Wildman–Crippen MR) is 146 cm³/mol. The van der Waals surface area contributed by atoms with Crippen LogP contribution in [0.4, 0.5) is 0 Å². The van der Waals surface area contributed by atoms with E-state index in [0.717, 1.165) is 12.8 Å². The van der Waals surface area contributed by atoms with E-state index in [4.69, 9.17) is 0 Å². The Labute approximate surface area is 216 Å². The van der Waals surface area contributed by atoms with E-state index in [9.17, 15) is 14.4 Å². The van der Waals surface area contributed by atoms with E-state index >= 15 is 0 Å². The molecule has 1 unspecified atom stereocenters. The molecular formula is C30H56N2O3. The van der Waals surface area contributed by atoms with Crippen LogP contribution >= 0.6 is 0 Å². The molecule has 0 saturated carbocycles. The van der Waals surface area contributed by atoms with Gasteiger partial charge in [0.1, 0.15) is 0 Å². The van der Waals surface area contributed by atoms with Crippen molar-refractivity contribution in [2.75, 3.05) is 13.1 Å². The van der Waals surface area contributed by atoms with Gasteiger partial charge in [0.25, 0.3) is 0 Å². The molecule has 0 aliphatic carbocycles. The molecule has 0 aromatic carbocycles. The van der Waals surface area contributed by atoms with Crippen molar-refractivity contribution in [3.63, 3.8) is 0 Å². The molecule has 1 saturated heterocycles. The van der Waals surface area contributed by atoms with Gasteiger partial charge in [-0.15, -0.1) is 0 Å². The number of imide groups is 1. The minimum absolute atomic E-state index is 0.0254. The molecule has 204 valence electrons. The number of carbonyl (C=O) groups excluding carboxylic acids is 3. The van der Waals surface area contributed by atoms with E-state index in [-0.39, 0.29) is 42.0 Å². The number of nitrogens with zero attached hydrogens (tertiary/aromatic N) is 1. The Morgan fingerprint density at radius 2 is 1.20 bits per heavy atom. The number of unbranched alkanes of at least 4 members (excludes halogenated alkanes) is 16. The maximum Gasteiger partial charge on any atom is 0.233 e. The number of carbonyl (C=O) groups is 3. The van der Waals surface area contributed by atoms with Gasteiger partial charge in [-0.1, -0.05) is 130 Å². The van der Waals surface area contributed by atoms with Crippen LogP contribution < -0.4 is 5.32 Å². The van der Waals surface area contributed by atoms with E-state index in [2.05, 4.69) is 12.2 Å². The quantitative estimate of drug-likeness (QED) is 0.133. The fourth-order valence-electron chi connectivity index (χ4n) is 5.00. The van der Waals surface area contributed by atoms with Gasteiger partial charge in [0.05, 0.1) is 5.92 Å². The standard InChI is InChI=1S/C30H56N2O3/c1-5-6-7-8-9-10-11-12-13-14-15-16-17-18-19-20-21-22-27(33)31-23-24-32-28(34)25-26(29(32)35)30(2,3)4/h26H,5-25H2,1-4H3,(H,31,33). The lowest BCUT2D eigenvalue weighted by Gasteiger charge is -2.24. The fraction of sp³-hybridized carbons (Fsp3) is 0.900. The Bertz CT molecular complexity index is 597. The maximum atomic E-state index is 12.5. The molecule has 3 amide bonds. The highest BCUT2D eigenvalue weighted by molar-refractivity contribution is 6.03. The fourth-order valence-corrected chi connectivity index (χ4v) is 5.00. The Kier molecular flexibility index (Phi) is 17.0. The third kappa shape index (κ3) is 14.7. The van der Waals surface area contributed by atoms with E-state index in [0.29, 0.717) is 13.0 Å². The Balaban J connectivity index is 1.88. The van der Waals surface area contributed by atoms with Crippen molar-refractivity contribution in [1.82, 2.24) is 10.2 Å². The first-order valence-electron chi connectivity index (χ1n) is 14.9. The van der Waals surface area contributed by atoms with Crippen molar-refractivity contribution in [3.8, 4) is 0 Å². The Hall–Kier alpha value is -1.39. The molecule has 1 heterocycles. The summed E-state index contributed by atoms with van der Waals surface area (Å²) >= 11 is 0. The highest BCUT2D eigenvalue weighted by atomic mass is 16.2. The molecule has 1 fully saturated rings. The maximum absolute atomic E-state index is 12.5. The smallest absolute Gasteiger partial charge is 0.233 e. The summed E-state index contributed by atoms with van der Waals surface area (Å²) in [6, 6.07) is 0. The molecule has 1 rings (SSSR count). The van der Waals surface area contributed by atoms with E-state index in [1.807, 2.05) is 20.8 Å². The lowest BCUT2D eigenvalue weighted by Crippen LogP contribution is -2.39. The topological polar surface area (TPSA) is 66.5 Å². The summed E-state index contributed by atoms with van der Waals surface area (Å²) in [5.74, 6) is -0.430. The van der Waals surface area contributed by atoms with Crippen molar-refractivity contribution >= 4 is 17.7 Å². The molecular weight excluding hydrogens is 436 g/mol. The molecule has 0 aromatic rings. The van der Waals surface area contributed by atoms with Crippen LogP contribution in [0, 0.1) is 11.3 Å². The Morgan fingerprint density at radius 1 is 0.771 bits per heavy atom. The van der Waals surface area contributed by atoms with Gasteiger partial charge < -0.3 is 5.32 Å². The van der Waals surface area contributed by atoms with Gasteiger partial charge in [-0.05, 0) is 11.8 Å². The van der Waals surface area contributed by atoms with Crippen LogP contribution in [0.15, 0.2) is 0 Å². The lowest BCUT2D eigenvalue weighted by atomic mass is 9.80.